The molecule has 1 aliphatic carbocycles. The van der Waals surface area contributed by atoms with Crippen LogP contribution in [0.5, 0.6) is 0 Å². The summed E-state index contributed by atoms with van der Waals surface area (Å²) in [4.78, 5) is 25.7. The molecule has 2 fully saturated rings. The van der Waals surface area contributed by atoms with E-state index < -0.39 is 28.6 Å². The van der Waals surface area contributed by atoms with E-state index in [1.54, 1.807) is 24.3 Å². The Labute approximate surface area is 215 Å². The molecular weight excluding hydrogens is 498 g/mol. The van der Waals surface area contributed by atoms with Crippen molar-refractivity contribution < 1.29 is 22.7 Å². The van der Waals surface area contributed by atoms with Gasteiger partial charge in [0, 0.05) is 12.1 Å². The number of sulfonamides is 1. The fourth-order valence-corrected chi connectivity index (χ4v) is 7.64. The second-order valence-electron chi connectivity index (χ2n) is 9.50. The topological polar surface area (TPSA) is 107 Å². The number of rotatable bonds is 7. The van der Waals surface area contributed by atoms with E-state index in [1.807, 2.05) is 12.1 Å². The lowest BCUT2D eigenvalue weighted by atomic mass is 9.84. The van der Waals surface area contributed by atoms with Gasteiger partial charge in [0.25, 0.3) is 0 Å². The van der Waals surface area contributed by atoms with Gasteiger partial charge in [-0.2, -0.15) is 13.1 Å². The molecule has 5 rings (SSSR count). The van der Waals surface area contributed by atoms with Gasteiger partial charge in [-0.15, -0.1) is 0 Å². The van der Waals surface area contributed by atoms with Crippen LogP contribution < -0.4 is 0 Å². The van der Waals surface area contributed by atoms with Gasteiger partial charge in [0.2, 0.25) is 10.0 Å². The van der Waals surface area contributed by atoms with E-state index in [1.165, 1.54) is 48.0 Å². The van der Waals surface area contributed by atoms with Crippen LogP contribution in [-0.2, 0) is 19.6 Å². The van der Waals surface area contributed by atoms with Gasteiger partial charge in [0.05, 0.1) is 11.7 Å². The molecule has 0 N–H and O–H groups in total. The number of aromatic nitrogens is 2. The minimum Gasteiger partial charge on any atom is -0.456 e. The normalized spacial score (nSPS) is 19.8. The zero-order chi connectivity index (χ0) is 25.1. The van der Waals surface area contributed by atoms with E-state index in [0.29, 0.717) is 41.8 Å². The van der Waals surface area contributed by atoms with Crippen molar-refractivity contribution in [2.75, 3.05) is 13.2 Å². The lowest BCUT2D eigenvalue weighted by molar-refractivity contribution is -0.148. The molecule has 0 bridgehead atoms. The molecule has 1 unspecified atom stereocenters. The molecule has 1 saturated heterocycles. The highest BCUT2D eigenvalue weighted by Crippen LogP contribution is 2.33. The van der Waals surface area contributed by atoms with E-state index in [-0.39, 0.29) is 17.2 Å². The van der Waals surface area contributed by atoms with E-state index in [2.05, 4.69) is 8.75 Å². The Morgan fingerprint density at radius 3 is 2.47 bits per heavy atom. The Morgan fingerprint density at radius 1 is 0.944 bits per heavy atom. The van der Waals surface area contributed by atoms with Gasteiger partial charge >= 0.3 is 5.97 Å². The maximum atomic E-state index is 13.5. The number of benzene rings is 2. The summed E-state index contributed by atoms with van der Waals surface area (Å²) in [7, 11) is -4.01. The molecule has 8 nitrogen and oxygen atoms in total. The number of ether oxygens (including phenoxy) is 1. The smallest absolute Gasteiger partial charge is 0.324 e. The van der Waals surface area contributed by atoms with Crippen molar-refractivity contribution in [1.29, 1.82) is 0 Å². The maximum Gasteiger partial charge on any atom is 0.324 e. The number of fused-ring (bicyclic) bond motifs is 1. The molecule has 1 aromatic heterocycles. The number of carbonyl (C=O) groups is 2. The highest BCUT2D eigenvalue weighted by atomic mass is 32.2. The van der Waals surface area contributed by atoms with Gasteiger partial charge in [0.1, 0.15) is 22.0 Å². The third-order valence-corrected chi connectivity index (χ3v) is 9.70. The van der Waals surface area contributed by atoms with Gasteiger partial charge in [-0.25, -0.2) is 8.42 Å². The molecule has 0 spiro atoms. The number of carbonyl (C=O) groups excluding carboxylic acids is 2. The molecule has 0 radical (unpaired) electrons. The molecule has 190 valence electrons. The summed E-state index contributed by atoms with van der Waals surface area (Å²) in [6.45, 7) is -0.218. The van der Waals surface area contributed by atoms with Crippen molar-refractivity contribution in [2.24, 2.45) is 0 Å². The number of nitrogens with zero attached hydrogens (tertiary/aromatic N) is 3. The van der Waals surface area contributed by atoms with Gasteiger partial charge < -0.3 is 4.74 Å². The second kappa shape index (κ2) is 10.7. The lowest BCUT2D eigenvalue weighted by Crippen LogP contribution is -2.48. The first-order chi connectivity index (χ1) is 17.4. The zero-order valence-corrected chi connectivity index (χ0v) is 21.6. The average Bonchev–Trinajstić information content (AvgIpc) is 3.41. The Hall–Kier alpha value is -2.69. The molecule has 0 amide bonds. The van der Waals surface area contributed by atoms with Crippen molar-refractivity contribution in [1.82, 2.24) is 13.1 Å². The second-order valence-corrected chi connectivity index (χ2v) is 11.9. The average molecular weight is 528 g/mol. The van der Waals surface area contributed by atoms with Crippen LogP contribution in [0.25, 0.3) is 11.0 Å². The number of hydrogen-bond donors (Lipinski definition) is 0. The zero-order valence-electron chi connectivity index (χ0n) is 20.0. The molecule has 3 aromatic rings. The predicted octanol–water partition coefficient (Wildman–Crippen LogP) is 4.71. The highest BCUT2D eigenvalue weighted by molar-refractivity contribution is 7.89. The highest BCUT2D eigenvalue weighted by Gasteiger charge is 2.39. The molecule has 10 heteroatoms. The Balaban J connectivity index is 1.26. The van der Waals surface area contributed by atoms with Crippen molar-refractivity contribution in [3.05, 3.63) is 53.6 Å². The number of piperidine rings is 1. The van der Waals surface area contributed by atoms with E-state index in [4.69, 9.17) is 4.74 Å². The van der Waals surface area contributed by atoms with Crippen LogP contribution in [0.15, 0.2) is 47.4 Å². The minimum absolute atomic E-state index is 0.0302. The summed E-state index contributed by atoms with van der Waals surface area (Å²) < 4.78 is 41.9. The summed E-state index contributed by atoms with van der Waals surface area (Å²) in [5.74, 6) is -0.457. The minimum atomic E-state index is -4.01. The fraction of sp³-hybridized carbons (Fsp3) is 0.462. The molecule has 36 heavy (non-hydrogen) atoms. The van der Waals surface area contributed by atoms with Crippen molar-refractivity contribution >= 4 is 44.5 Å². The first kappa shape index (κ1) is 25.0. The Bertz CT molecular complexity index is 1350. The van der Waals surface area contributed by atoms with Crippen LogP contribution in [-0.4, -0.2) is 52.4 Å². The first-order valence-corrected chi connectivity index (χ1v) is 14.6. The largest absolute Gasteiger partial charge is 0.456 e. The third-order valence-electron chi connectivity index (χ3n) is 7.22. The van der Waals surface area contributed by atoms with Crippen molar-refractivity contribution in [2.45, 2.75) is 68.2 Å². The van der Waals surface area contributed by atoms with Gasteiger partial charge in [-0.05, 0) is 55.7 Å². The van der Waals surface area contributed by atoms with Gasteiger partial charge in [-0.3, -0.25) is 9.59 Å². The molecule has 2 heterocycles. The molecule has 1 aliphatic heterocycles. The molecule has 1 saturated carbocycles. The van der Waals surface area contributed by atoms with Crippen molar-refractivity contribution in [3.8, 4) is 0 Å². The standard InChI is InChI=1S/C26H29N3O5S2/c30-23(20-14-12-19(13-15-20)18-7-2-1-3-8-18)17-34-26(31)22-10-4-5-16-29(22)36(32,33)24-11-6-9-21-25(24)28-35-27-21/h6,9,11-15,18,22H,1-5,7-8,10,16-17H2. The maximum absolute atomic E-state index is 13.5. The summed E-state index contributed by atoms with van der Waals surface area (Å²) in [5.41, 5.74) is 2.53. The monoisotopic (exact) mass is 527 g/mol. The summed E-state index contributed by atoms with van der Waals surface area (Å²) in [6, 6.07) is 11.4. The molecule has 2 aliphatic rings. The fourth-order valence-electron chi connectivity index (χ4n) is 5.24. The van der Waals surface area contributed by atoms with Crippen LogP contribution in [0.4, 0.5) is 0 Å². The quantitative estimate of drug-likeness (QED) is 0.324. The number of ketones is 1. The van der Waals surface area contributed by atoms with Crippen LogP contribution in [0.2, 0.25) is 0 Å². The molecule has 2 aromatic carbocycles. The van der Waals surface area contributed by atoms with Crippen LogP contribution in [0.3, 0.4) is 0 Å². The Morgan fingerprint density at radius 2 is 1.69 bits per heavy atom. The van der Waals surface area contributed by atoms with Gasteiger partial charge in [-0.1, -0.05) is 49.6 Å². The van der Waals surface area contributed by atoms with E-state index in [0.717, 1.165) is 11.7 Å². The first-order valence-electron chi connectivity index (χ1n) is 12.5. The van der Waals surface area contributed by atoms with Crippen LogP contribution >= 0.6 is 11.7 Å². The van der Waals surface area contributed by atoms with Crippen molar-refractivity contribution in [3.63, 3.8) is 0 Å². The number of Topliss-reactive ketones (excluding diaryl/α,β-unsaturated/α-hetero) is 1. The number of esters is 1. The van der Waals surface area contributed by atoms with E-state index in [9.17, 15) is 18.0 Å². The summed E-state index contributed by atoms with van der Waals surface area (Å²) >= 11 is 0.943. The lowest BCUT2D eigenvalue weighted by Gasteiger charge is -2.32. The van der Waals surface area contributed by atoms with Gasteiger partial charge in [0.15, 0.2) is 12.4 Å². The predicted molar refractivity (Wildman–Crippen MR) is 137 cm³/mol. The molecular formula is C26H29N3O5S2. The summed E-state index contributed by atoms with van der Waals surface area (Å²) in [5, 5.41) is 0. The third kappa shape index (κ3) is 5.07. The van der Waals surface area contributed by atoms with Crippen LogP contribution in [0.1, 0.15) is 73.2 Å². The number of hydrogen-bond acceptors (Lipinski definition) is 8. The SMILES string of the molecule is O=C(COC(=O)C1CCCCN1S(=O)(=O)c1cccc2nsnc12)c1ccc(C2CCCCC2)cc1. The molecule has 1 atom stereocenters. The van der Waals surface area contributed by atoms with Crippen LogP contribution in [0, 0.1) is 0 Å². The summed E-state index contributed by atoms with van der Waals surface area (Å²) in [6.07, 6.45) is 7.81. The Kier molecular flexibility index (Phi) is 7.45. The van der Waals surface area contributed by atoms with E-state index >= 15 is 0 Å².